The molecule has 1 aliphatic rings. The first-order chi connectivity index (χ1) is 15.4. The minimum atomic E-state index is -4.80. The molecule has 3 atom stereocenters. The summed E-state index contributed by atoms with van der Waals surface area (Å²) in [5.41, 5.74) is 4.98. The Morgan fingerprint density at radius 2 is 1.97 bits per heavy atom. The molecule has 1 fully saturated rings. The van der Waals surface area contributed by atoms with Gasteiger partial charge in [0.1, 0.15) is 11.4 Å². The fourth-order valence-electron chi connectivity index (χ4n) is 3.45. The summed E-state index contributed by atoms with van der Waals surface area (Å²) in [6.07, 6.45) is -6.56. The number of anilines is 1. The Labute approximate surface area is 191 Å². The monoisotopic (exact) mass is 490 g/mol. The van der Waals surface area contributed by atoms with Crippen LogP contribution in [0.5, 0.6) is 0 Å². The molecule has 1 unspecified atom stereocenters. The maximum atomic E-state index is 13.1. The number of carbonyl (C=O) groups excluding carboxylic acids is 5. The number of likely N-dealkylation sites (N-methyl/N-ethyl adjacent to an activating group) is 1. The van der Waals surface area contributed by atoms with E-state index in [-0.39, 0.29) is 24.1 Å². The number of amides is 4. The van der Waals surface area contributed by atoms with E-state index in [1.54, 1.807) is 0 Å². The number of primary amides is 1. The smallest absolute Gasteiger partial charge is 0.366 e. The topological polar surface area (TPSA) is 139 Å². The zero-order chi connectivity index (χ0) is 24.9. The lowest BCUT2D eigenvalue weighted by Crippen LogP contribution is -2.53. The molecule has 2 rings (SSSR count). The fourth-order valence-corrected chi connectivity index (χ4v) is 3.73. The van der Waals surface area contributed by atoms with E-state index >= 15 is 0 Å². The van der Waals surface area contributed by atoms with E-state index in [1.165, 1.54) is 18.2 Å². The Bertz CT molecular complexity index is 956. The second-order valence-electron chi connectivity index (χ2n) is 7.38. The van der Waals surface area contributed by atoms with Crippen LogP contribution in [-0.4, -0.2) is 60.6 Å². The molecule has 0 aromatic heterocycles. The highest BCUT2D eigenvalue weighted by molar-refractivity contribution is 6.40. The normalized spacial score (nSPS) is 17.6. The molecule has 13 heteroatoms. The Morgan fingerprint density at radius 1 is 1.30 bits per heavy atom. The molecule has 1 heterocycles. The van der Waals surface area contributed by atoms with E-state index < -0.39 is 59.3 Å². The van der Waals surface area contributed by atoms with Crippen molar-refractivity contribution in [3.8, 4) is 0 Å². The second-order valence-corrected chi connectivity index (χ2v) is 7.91. The summed E-state index contributed by atoms with van der Waals surface area (Å²) in [5.74, 6) is -5.71. The van der Waals surface area contributed by atoms with Gasteiger partial charge >= 0.3 is 6.18 Å². The number of carbonyl (C=O) groups is 5. The van der Waals surface area contributed by atoms with Gasteiger partial charge in [-0.05, 0) is 31.0 Å². The molecule has 33 heavy (non-hydrogen) atoms. The number of halogens is 4. The van der Waals surface area contributed by atoms with Crippen molar-refractivity contribution in [2.24, 2.45) is 11.7 Å². The van der Waals surface area contributed by atoms with Crippen molar-refractivity contribution in [1.82, 2.24) is 10.6 Å². The van der Waals surface area contributed by atoms with Gasteiger partial charge in [0.05, 0.1) is 6.42 Å². The van der Waals surface area contributed by atoms with Gasteiger partial charge in [-0.1, -0.05) is 6.07 Å². The highest BCUT2D eigenvalue weighted by atomic mass is 35.5. The third kappa shape index (κ3) is 6.67. The Morgan fingerprint density at radius 3 is 2.48 bits per heavy atom. The van der Waals surface area contributed by atoms with Gasteiger partial charge in [0, 0.05) is 30.8 Å². The van der Waals surface area contributed by atoms with Crippen LogP contribution in [0.15, 0.2) is 24.3 Å². The molecule has 0 aliphatic carbocycles. The van der Waals surface area contributed by atoms with Crippen LogP contribution in [0.3, 0.4) is 0 Å². The summed E-state index contributed by atoms with van der Waals surface area (Å²) in [6, 6.07) is 3.27. The molecule has 1 aliphatic heterocycles. The average Bonchev–Trinajstić information content (AvgIpc) is 3.15. The number of alkyl halides is 4. The molecule has 180 valence electrons. The number of nitrogens with two attached hydrogens (primary N) is 1. The standard InChI is InChI=1S/C20H22ClF3N4O5/c1-26-18(32)15(29)14(8-11-5-6-27-17(11)31)28(19(33)13(21)9-20(22,23)24)12-4-2-3-10(7-12)16(25)30/h2-4,7,11,13-14H,5-6,8-9H2,1H3,(H2,25,30)(H,26,32)(H,27,31)/t11-,13?,14-/m0/s1. The van der Waals surface area contributed by atoms with Gasteiger partial charge in [-0.15, -0.1) is 11.6 Å². The van der Waals surface area contributed by atoms with Crippen LogP contribution in [0.25, 0.3) is 0 Å². The predicted octanol–water partition coefficient (Wildman–Crippen LogP) is 0.888. The van der Waals surface area contributed by atoms with Gasteiger partial charge in [0.2, 0.25) is 23.5 Å². The maximum absolute atomic E-state index is 13.1. The van der Waals surface area contributed by atoms with Crippen LogP contribution in [0, 0.1) is 5.92 Å². The lowest BCUT2D eigenvalue weighted by Gasteiger charge is -2.33. The average molecular weight is 491 g/mol. The molecule has 1 aromatic carbocycles. The molecule has 4 amide bonds. The Kier molecular flexibility index (Phi) is 8.42. The number of rotatable bonds is 9. The molecular weight excluding hydrogens is 469 g/mol. The van der Waals surface area contributed by atoms with Gasteiger partial charge in [-0.3, -0.25) is 24.0 Å². The van der Waals surface area contributed by atoms with Crippen molar-refractivity contribution in [2.75, 3.05) is 18.5 Å². The van der Waals surface area contributed by atoms with E-state index in [1.807, 2.05) is 0 Å². The predicted molar refractivity (Wildman–Crippen MR) is 111 cm³/mol. The molecule has 0 saturated carbocycles. The van der Waals surface area contributed by atoms with Crippen molar-refractivity contribution in [2.45, 2.75) is 36.9 Å². The molecular formula is C20H22ClF3N4O5. The Balaban J connectivity index is 2.60. The molecule has 1 saturated heterocycles. The van der Waals surface area contributed by atoms with Gasteiger partial charge in [-0.2, -0.15) is 13.2 Å². The Hall–Kier alpha value is -3.15. The molecule has 0 spiro atoms. The van der Waals surface area contributed by atoms with Crippen LogP contribution in [0.4, 0.5) is 18.9 Å². The van der Waals surface area contributed by atoms with Crippen molar-refractivity contribution in [3.05, 3.63) is 29.8 Å². The lowest BCUT2D eigenvalue weighted by atomic mass is 9.93. The van der Waals surface area contributed by atoms with E-state index in [2.05, 4.69) is 10.6 Å². The van der Waals surface area contributed by atoms with Crippen molar-refractivity contribution in [3.63, 3.8) is 0 Å². The van der Waals surface area contributed by atoms with Gasteiger partial charge in [-0.25, -0.2) is 0 Å². The minimum Gasteiger partial charge on any atom is -0.366 e. The van der Waals surface area contributed by atoms with Crippen LogP contribution in [-0.2, 0) is 19.2 Å². The fraction of sp³-hybridized carbons (Fsp3) is 0.450. The maximum Gasteiger partial charge on any atom is 0.391 e. The molecule has 4 N–H and O–H groups in total. The number of nitrogens with zero attached hydrogens (tertiary/aromatic N) is 1. The van der Waals surface area contributed by atoms with E-state index in [0.717, 1.165) is 13.1 Å². The number of Topliss-reactive ketones (excluding diaryl/α,β-unsaturated/α-hetero) is 1. The molecule has 0 bridgehead atoms. The summed E-state index contributed by atoms with van der Waals surface area (Å²) in [5, 5.41) is 2.52. The molecule has 0 radical (unpaired) electrons. The van der Waals surface area contributed by atoms with Crippen molar-refractivity contribution >= 4 is 46.7 Å². The lowest BCUT2D eigenvalue weighted by molar-refractivity contribution is -0.143. The van der Waals surface area contributed by atoms with Crippen LogP contribution >= 0.6 is 11.6 Å². The number of nitrogens with one attached hydrogen (secondary N) is 2. The van der Waals surface area contributed by atoms with E-state index in [0.29, 0.717) is 11.4 Å². The number of hydrogen-bond donors (Lipinski definition) is 3. The van der Waals surface area contributed by atoms with E-state index in [9.17, 15) is 37.1 Å². The molecule has 9 nitrogen and oxygen atoms in total. The zero-order valence-corrected chi connectivity index (χ0v) is 18.2. The largest absolute Gasteiger partial charge is 0.391 e. The number of benzene rings is 1. The van der Waals surface area contributed by atoms with Gasteiger partial charge in [0.25, 0.3) is 5.91 Å². The third-order valence-electron chi connectivity index (χ3n) is 5.06. The second kappa shape index (κ2) is 10.6. The van der Waals surface area contributed by atoms with E-state index in [4.69, 9.17) is 17.3 Å². The third-order valence-corrected chi connectivity index (χ3v) is 5.40. The minimum absolute atomic E-state index is 0.100. The first kappa shape index (κ1) is 26.1. The SMILES string of the molecule is CNC(=O)C(=O)[C@H](C[C@@H]1CCNC1=O)N(C(=O)C(Cl)CC(F)(F)F)c1cccc(C(N)=O)c1. The number of hydrogen-bond acceptors (Lipinski definition) is 5. The van der Waals surface area contributed by atoms with Crippen molar-refractivity contribution < 1.29 is 37.1 Å². The highest BCUT2D eigenvalue weighted by Crippen LogP contribution is 2.30. The first-order valence-electron chi connectivity index (χ1n) is 9.83. The van der Waals surface area contributed by atoms with Gasteiger partial charge < -0.3 is 21.3 Å². The summed E-state index contributed by atoms with van der Waals surface area (Å²) >= 11 is 5.78. The zero-order valence-electron chi connectivity index (χ0n) is 17.4. The summed E-state index contributed by atoms with van der Waals surface area (Å²) in [6.45, 7) is 0.293. The molecule has 1 aromatic rings. The van der Waals surface area contributed by atoms with Crippen LogP contribution in [0.2, 0.25) is 0 Å². The quantitative estimate of drug-likeness (QED) is 0.348. The highest BCUT2D eigenvalue weighted by Gasteiger charge is 2.43. The number of ketones is 1. The van der Waals surface area contributed by atoms with Crippen LogP contribution in [0.1, 0.15) is 29.6 Å². The first-order valence-corrected chi connectivity index (χ1v) is 10.3. The summed E-state index contributed by atoms with van der Waals surface area (Å²) in [7, 11) is 1.16. The summed E-state index contributed by atoms with van der Waals surface area (Å²) in [4.78, 5) is 62.5. The van der Waals surface area contributed by atoms with Gasteiger partial charge in [0.15, 0.2) is 0 Å². The van der Waals surface area contributed by atoms with Crippen molar-refractivity contribution in [1.29, 1.82) is 0 Å². The summed E-state index contributed by atoms with van der Waals surface area (Å²) < 4.78 is 38.8. The van der Waals surface area contributed by atoms with Crippen LogP contribution < -0.4 is 21.3 Å².